The highest BCUT2D eigenvalue weighted by Crippen LogP contribution is 2.14. The monoisotopic (exact) mass is 171 g/mol. The van der Waals surface area contributed by atoms with E-state index in [4.69, 9.17) is 0 Å². The molecule has 2 heteroatoms. The van der Waals surface area contributed by atoms with E-state index in [-0.39, 0.29) is 6.10 Å². The van der Waals surface area contributed by atoms with Gasteiger partial charge in [-0.3, -0.25) is 0 Å². The van der Waals surface area contributed by atoms with Crippen molar-refractivity contribution in [3.05, 3.63) is 0 Å². The average Bonchev–Trinajstić information content (AvgIpc) is 2.05. The third-order valence-electron chi connectivity index (χ3n) is 2.70. The highest BCUT2D eigenvalue weighted by molar-refractivity contribution is 4.72. The first-order valence-corrected chi connectivity index (χ1v) is 5.12. The first-order chi connectivity index (χ1) is 5.70. The molecule has 1 saturated heterocycles. The molecule has 1 rings (SSSR count). The van der Waals surface area contributed by atoms with Crippen molar-refractivity contribution in [3.8, 4) is 0 Å². The number of rotatable bonds is 3. The summed E-state index contributed by atoms with van der Waals surface area (Å²) in [5.41, 5.74) is 0. The van der Waals surface area contributed by atoms with Gasteiger partial charge in [0.05, 0.1) is 6.10 Å². The number of nitrogens with zero attached hydrogens (tertiary/aromatic N) is 1. The molecule has 1 heterocycles. The van der Waals surface area contributed by atoms with E-state index in [0.29, 0.717) is 6.04 Å². The second kappa shape index (κ2) is 4.83. The van der Waals surface area contributed by atoms with Gasteiger partial charge in [-0.25, -0.2) is 0 Å². The van der Waals surface area contributed by atoms with Crippen molar-refractivity contribution < 1.29 is 5.11 Å². The Kier molecular flexibility index (Phi) is 4.02. The van der Waals surface area contributed by atoms with Crippen molar-refractivity contribution in [3.63, 3.8) is 0 Å². The van der Waals surface area contributed by atoms with Crippen LogP contribution in [0.1, 0.15) is 39.5 Å². The van der Waals surface area contributed by atoms with Crippen LogP contribution in [0.2, 0.25) is 0 Å². The van der Waals surface area contributed by atoms with Gasteiger partial charge in [0.15, 0.2) is 0 Å². The summed E-state index contributed by atoms with van der Waals surface area (Å²) in [7, 11) is 0. The Bertz CT molecular complexity index is 119. The van der Waals surface area contributed by atoms with Crippen LogP contribution in [-0.4, -0.2) is 35.2 Å². The molecule has 0 saturated carbocycles. The molecule has 0 radical (unpaired) electrons. The fourth-order valence-corrected chi connectivity index (χ4v) is 2.00. The van der Waals surface area contributed by atoms with Crippen molar-refractivity contribution in [1.29, 1.82) is 0 Å². The molecule has 0 spiro atoms. The predicted molar refractivity (Wildman–Crippen MR) is 51.2 cm³/mol. The SMILES string of the molecule is CC(O)CC(C)N1CCCCC1. The Labute approximate surface area is 75.6 Å². The minimum absolute atomic E-state index is 0.151. The molecule has 0 aromatic rings. The third kappa shape index (κ3) is 3.11. The first kappa shape index (κ1) is 10.0. The molecule has 0 aromatic heterocycles. The van der Waals surface area contributed by atoms with E-state index in [1.807, 2.05) is 6.92 Å². The summed E-state index contributed by atoms with van der Waals surface area (Å²) in [5, 5.41) is 9.23. The highest BCUT2D eigenvalue weighted by atomic mass is 16.3. The number of likely N-dealkylation sites (tertiary alicyclic amines) is 1. The average molecular weight is 171 g/mol. The fraction of sp³-hybridized carbons (Fsp3) is 1.00. The Morgan fingerprint density at radius 1 is 1.17 bits per heavy atom. The van der Waals surface area contributed by atoms with Crippen molar-refractivity contribution in [2.45, 2.75) is 51.7 Å². The van der Waals surface area contributed by atoms with Gasteiger partial charge in [-0.05, 0) is 46.2 Å². The third-order valence-corrected chi connectivity index (χ3v) is 2.70. The van der Waals surface area contributed by atoms with Crippen LogP contribution in [0.4, 0.5) is 0 Å². The van der Waals surface area contributed by atoms with E-state index in [2.05, 4.69) is 11.8 Å². The lowest BCUT2D eigenvalue weighted by atomic mass is 10.1. The van der Waals surface area contributed by atoms with Crippen LogP contribution in [0.25, 0.3) is 0 Å². The van der Waals surface area contributed by atoms with Gasteiger partial charge in [0, 0.05) is 6.04 Å². The maximum atomic E-state index is 9.23. The lowest BCUT2D eigenvalue weighted by molar-refractivity contribution is 0.107. The van der Waals surface area contributed by atoms with Gasteiger partial charge in [0.2, 0.25) is 0 Å². The summed E-state index contributed by atoms with van der Waals surface area (Å²) >= 11 is 0. The standard InChI is InChI=1S/C10H21NO/c1-9(8-10(2)12)11-6-4-3-5-7-11/h9-10,12H,3-8H2,1-2H3. The number of hydrogen-bond donors (Lipinski definition) is 1. The molecule has 0 aliphatic carbocycles. The number of hydrogen-bond acceptors (Lipinski definition) is 2. The van der Waals surface area contributed by atoms with E-state index < -0.39 is 0 Å². The molecule has 1 aliphatic heterocycles. The molecule has 1 fully saturated rings. The molecule has 72 valence electrons. The van der Waals surface area contributed by atoms with Gasteiger partial charge in [-0.1, -0.05) is 6.42 Å². The zero-order chi connectivity index (χ0) is 8.97. The van der Waals surface area contributed by atoms with Crippen molar-refractivity contribution in [1.82, 2.24) is 4.90 Å². The van der Waals surface area contributed by atoms with Crippen molar-refractivity contribution in [2.75, 3.05) is 13.1 Å². The Morgan fingerprint density at radius 3 is 2.25 bits per heavy atom. The van der Waals surface area contributed by atoms with E-state index in [9.17, 15) is 5.11 Å². The van der Waals surface area contributed by atoms with E-state index >= 15 is 0 Å². The normalized spacial score (nSPS) is 25.2. The molecule has 2 nitrogen and oxygen atoms in total. The first-order valence-electron chi connectivity index (χ1n) is 5.12. The van der Waals surface area contributed by atoms with Crippen LogP contribution in [0, 0.1) is 0 Å². The lowest BCUT2D eigenvalue weighted by Crippen LogP contribution is -2.38. The highest BCUT2D eigenvalue weighted by Gasteiger charge is 2.17. The Hall–Kier alpha value is -0.0800. The molecule has 0 amide bonds. The minimum atomic E-state index is -0.151. The van der Waals surface area contributed by atoms with Crippen LogP contribution in [0.15, 0.2) is 0 Å². The van der Waals surface area contributed by atoms with Crippen LogP contribution >= 0.6 is 0 Å². The quantitative estimate of drug-likeness (QED) is 0.697. The fourth-order valence-electron chi connectivity index (χ4n) is 2.00. The van der Waals surface area contributed by atoms with Gasteiger partial charge >= 0.3 is 0 Å². The Balaban J connectivity index is 2.24. The van der Waals surface area contributed by atoms with Gasteiger partial charge in [0.1, 0.15) is 0 Å². The summed E-state index contributed by atoms with van der Waals surface area (Å²) in [4.78, 5) is 2.50. The molecular formula is C10H21NO. The molecule has 1 N–H and O–H groups in total. The van der Waals surface area contributed by atoms with Crippen molar-refractivity contribution >= 4 is 0 Å². The van der Waals surface area contributed by atoms with Gasteiger partial charge < -0.3 is 10.0 Å². The summed E-state index contributed by atoms with van der Waals surface area (Å²) in [6.45, 7) is 6.56. The van der Waals surface area contributed by atoms with Crippen LogP contribution < -0.4 is 0 Å². The number of aliphatic hydroxyl groups excluding tert-OH is 1. The second-order valence-corrected chi connectivity index (χ2v) is 4.03. The summed E-state index contributed by atoms with van der Waals surface area (Å²) < 4.78 is 0. The smallest absolute Gasteiger partial charge is 0.0526 e. The molecule has 1 aliphatic rings. The summed E-state index contributed by atoms with van der Waals surface area (Å²) in [6.07, 6.45) is 4.83. The summed E-state index contributed by atoms with van der Waals surface area (Å²) in [5.74, 6) is 0. The maximum absolute atomic E-state index is 9.23. The van der Waals surface area contributed by atoms with E-state index in [1.54, 1.807) is 0 Å². The molecular weight excluding hydrogens is 150 g/mol. The van der Waals surface area contributed by atoms with Gasteiger partial charge in [0.25, 0.3) is 0 Å². The largest absolute Gasteiger partial charge is 0.393 e. The molecule has 2 atom stereocenters. The minimum Gasteiger partial charge on any atom is -0.393 e. The number of aliphatic hydroxyl groups is 1. The Morgan fingerprint density at radius 2 is 1.75 bits per heavy atom. The zero-order valence-electron chi connectivity index (χ0n) is 8.29. The zero-order valence-corrected chi connectivity index (χ0v) is 8.29. The molecule has 0 bridgehead atoms. The summed E-state index contributed by atoms with van der Waals surface area (Å²) in [6, 6.07) is 0.560. The molecule has 12 heavy (non-hydrogen) atoms. The van der Waals surface area contributed by atoms with Crippen molar-refractivity contribution in [2.24, 2.45) is 0 Å². The lowest BCUT2D eigenvalue weighted by Gasteiger charge is -2.32. The predicted octanol–water partition coefficient (Wildman–Crippen LogP) is 1.63. The van der Waals surface area contributed by atoms with E-state index in [0.717, 1.165) is 6.42 Å². The maximum Gasteiger partial charge on any atom is 0.0526 e. The van der Waals surface area contributed by atoms with Gasteiger partial charge in [-0.2, -0.15) is 0 Å². The molecule has 2 unspecified atom stereocenters. The molecule has 0 aromatic carbocycles. The second-order valence-electron chi connectivity index (χ2n) is 4.03. The number of piperidine rings is 1. The van der Waals surface area contributed by atoms with Crippen LogP contribution in [0.3, 0.4) is 0 Å². The van der Waals surface area contributed by atoms with Crippen LogP contribution in [-0.2, 0) is 0 Å². The van der Waals surface area contributed by atoms with Gasteiger partial charge in [-0.15, -0.1) is 0 Å². The van der Waals surface area contributed by atoms with E-state index in [1.165, 1.54) is 32.4 Å². The topological polar surface area (TPSA) is 23.5 Å². The van der Waals surface area contributed by atoms with Crippen LogP contribution in [0.5, 0.6) is 0 Å².